The molecule has 128 valence electrons. The van der Waals surface area contributed by atoms with E-state index in [4.69, 9.17) is 0 Å². The molecule has 0 bridgehead atoms. The van der Waals surface area contributed by atoms with E-state index < -0.39 is 0 Å². The standard InChI is InChI=1S/C19H24FN3O/c20-17-8-6-16(7-9-17)18(24)4-3-11-22-12-14-23(15-13-22)19-5-1-2-10-21-19/h1-2,5-10,19,21H,3-4,11-15H2. The molecule has 1 atom stereocenters. The Labute approximate surface area is 142 Å². The molecule has 1 aromatic rings. The molecule has 0 saturated carbocycles. The summed E-state index contributed by atoms with van der Waals surface area (Å²) >= 11 is 0. The van der Waals surface area contributed by atoms with Gasteiger partial charge in [0.2, 0.25) is 0 Å². The lowest BCUT2D eigenvalue weighted by Gasteiger charge is -2.38. The normalized spacial score (nSPS) is 21.6. The first-order chi connectivity index (χ1) is 11.7. The lowest BCUT2D eigenvalue weighted by Crippen LogP contribution is -2.53. The Morgan fingerprint density at radius 2 is 1.88 bits per heavy atom. The first kappa shape index (κ1) is 16.9. The third-order valence-corrected chi connectivity index (χ3v) is 4.61. The molecule has 4 nitrogen and oxygen atoms in total. The molecule has 0 aromatic heterocycles. The van der Waals surface area contributed by atoms with Crippen molar-refractivity contribution in [3.8, 4) is 0 Å². The van der Waals surface area contributed by atoms with Crippen molar-refractivity contribution < 1.29 is 9.18 Å². The van der Waals surface area contributed by atoms with Crippen molar-refractivity contribution in [2.45, 2.75) is 19.0 Å². The Balaban J connectivity index is 1.36. The number of rotatable bonds is 6. The number of ketones is 1. The van der Waals surface area contributed by atoms with Gasteiger partial charge in [0.15, 0.2) is 5.78 Å². The maximum absolute atomic E-state index is 12.9. The quantitative estimate of drug-likeness (QED) is 0.813. The molecular weight excluding hydrogens is 305 g/mol. The van der Waals surface area contributed by atoms with Gasteiger partial charge >= 0.3 is 0 Å². The minimum Gasteiger partial charge on any atom is -0.372 e. The molecule has 3 rings (SSSR count). The minimum absolute atomic E-state index is 0.0944. The SMILES string of the molecule is O=C(CCCN1CCN(C2C=CC=CN2)CC1)c1ccc(F)cc1. The molecule has 1 fully saturated rings. The second-order valence-electron chi connectivity index (χ2n) is 6.27. The third kappa shape index (κ3) is 4.52. The predicted molar refractivity (Wildman–Crippen MR) is 93.2 cm³/mol. The van der Waals surface area contributed by atoms with Crippen LogP contribution in [-0.4, -0.2) is 54.5 Å². The fourth-order valence-electron chi connectivity index (χ4n) is 3.17. The van der Waals surface area contributed by atoms with Gasteiger partial charge in [0.25, 0.3) is 0 Å². The highest BCUT2D eigenvalue weighted by Crippen LogP contribution is 2.11. The van der Waals surface area contributed by atoms with Crippen LogP contribution >= 0.6 is 0 Å². The second-order valence-corrected chi connectivity index (χ2v) is 6.27. The van der Waals surface area contributed by atoms with Crippen LogP contribution < -0.4 is 5.32 Å². The van der Waals surface area contributed by atoms with E-state index in [2.05, 4.69) is 27.3 Å². The summed E-state index contributed by atoms with van der Waals surface area (Å²) in [5.41, 5.74) is 0.601. The zero-order valence-corrected chi connectivity index (χ0v) is 13.8. The number of hydrogen-bond acceptors (Lipinski definition) is 4. The maximum atomic E-state index is 12.9. The number of carbonyl (C=O) groups excluding carboxylic acids is 1. The summed E-state index contributed by atoms with van der Waals surface area (Å²) in [6.45, 7) is 5.05. The number of benzene rings is 1. The molecule has 1 unspecified atom stereocenters. The fourth-order valence-corrected chi connectivity index (χ4v) is 3.17. The van der Waals surface area contributed by atoms with E-state index in [1.165, 1.54) is 12.1 Å². The number of halogens is 1. The molecule has 2 aliphatic rings. The molecule has 0 amide bonds. The summed E-state index contributed by atoms with van der Waals surface area (Å²) in [5.74, 6) is -0.209. The molecule has 0 aliphatic carbocycles. The van der Waals surface area contributed by atoms with Crippen molar-refractivity contribution in [2.24, 2.45) is 0 Å². The van der Waals surface area contributed by atoms with Crippen molar-refractivity contribution in [2.75, 3.05) is 32.7 Å². The summed E-state index contributed by atoms with van der Waals surface area (Å²) in [5, 5.41) is 3.35. The zero-order chi connectivity index (χ0) is 16.8. The van der Waals surface area contributed by atoms with Gasteiger partial charge in [-0.3, -0.25) is 9.69 Å². The highest BCUT2D eigenvalue weighted by Gasteiger charge is 2.21. The monoisotopic (exact) mass is 329 g/mol. The summed E-state index contributed by atoms with van der Waals surface area (Å²) in [7, 11) is 0. The van der Waals surface area contributed by atoms with Crippen molar-refractivity contribution >= 4 is 5.78 Å². The Morgan fingerprint density at radius 3 is 2.54 bits per heavy atom. The second kappa shape index (κ2) is 8.22. The van der Waals surface area contributed by atoms with E-state index in [0.717, 1.165) is 39.1 Å². The first-order valence-electron chi connectivity index (χ1n) is 8.57. The summed E-state index contributed by atoms with van der Waals surface area (Å²) in [4.78, 5) is 16.9. The molecule has 24 heavy (non-hydrogen) atoms. The third-order valence-electron chi connectivity index (χ3n) is 4.61. The number of hydrogen-bond donors (Lipinski definition) is 1. The van der Waals surface area contributed by atoms with Gasteiger partial charge in [0.05, 0.1) is 6.17 Å². The number of allylic oxidation sites excluding steroid dienone is 2. The molecule has 0 spiro atoms. The van der Waals surface area contributed by atoms with Crippen LogP contribution in [-0.2, 0) is 0 Å². The molecule has 0 radical (unpaired) electrons. The lowest BCUT2D eigenvalue weighted by atomic mass is 10.1. The van der Waals surface area contributed by atoms with E-state index in [1.54, 1.807) is 12.1 Å². The molecule has 1 aromatic carbocycles. The predicted octanol–water partition coefficient (Wildman–Crippen LogP) is 2.41. The lowest BCUT2D eigenvalue weighted by molar-refractivity contribution is 0.0932. The molecule has 1 saturated heterocycles. The van der Waals surface area contributed by atoms with Crippen LogP contribution in [0.25, 0.3) is 0 Å². The average molecular weight is 329 g/mol. The van der Waals surface area contributed by atoms with E-state index in [9.17, 15) is 9.18 Å². The van der Waals surface area contributed by atoms with Crippen LogP contribution in [0.4, 0.5) is 4.39 Å². The van der Waals surface area contributed by atoms with Gasteiger partial charge in [-0.05, 0) is 55.6 Å². The summed E-state index contributed by atoms with van der Waals surface area (Å²) in [6.07, 6.45) is 9.91. The average Bonchev–Trinajstić information content (AvgIpc) is 2.63. The van der Waals surface area contributed by atoms with Crippen LogP contribution in [0.1, 0.15) is 23.2 Å². The Morgan fingerprint density at radius 1 is 1.12 bits per heavy atom. The van der Waals surface area contributed by atoms with Crippen molar-refractivity contribution in [3.63, 3.8) is 0 Å². The molecular formula is C19H24FN3O. The van der Waals surface area contributed by atoms with Gasteiger partial charge in [0.1, 0.15) is 5.82 Å². The van der Waals surface area contributed by atoms with Crippen LogP contribution in [0, 0.1) is 5.82 Å². The molecule has 2 aliphatic heterocycles. The highest BCUT2D eigenvalue weighted by atomic mass is 19.1. The number of carbonyl (C=O) groups is 1. The molecule has 2 heterocycles. The van der Waals surface area contributed by atoms with Gasteiger partial charge < -0.3 is 10.2 Å². The van der Waals surface area contributed by atoms with E-state index in [-0.39, 0.29) is 11.6 Å². The van der Waals surface area contributed by atoms with Gasteiger partial charge in [-0.25, -0.2) is 4.39 Å². The van der Waals surface area contributed by atoms with Crippen LogP contribution in [0.15, 0.2) is 48.7 Å². The van der Waals surface area contributed by atoms with Crippen molar-refractivity contribution in [1.29, 1.82) is 0 Å². The Hall–Kier alpha value is -1.98. The van der Waals surface area contributed by atoms with Gasteiger partial charge in [-0.1, -0.05) is 6.08 Å². The number of nitrogens with one attached hydrogen (secondary N) is 1. The Kier molecular flexibility index (Phi) is 5.77. The number of dihydropyridines is 1. The topological polar surface area (TPSA) is 35.6 Å². The Bertz CT molecular complexity index is 604. The van der Waals surface area contributed by atoms with E-state index in [0.29, 0.717) is 18.2 Å². The van der Waals surface area contributed by atoms with Crippen molar-refractivity contribution in [1.82, 2.24) is 15.1 Å². The highest BCUT2D eigenvalue weighted by molar-refractivity contribution is 5.95. The number of piperazine rings is 1. The van der Waals surface area contributed by atoms with Gasteiger partial charge in [-0.15, -0.1) is 0 Å². The summed E-state index contributed by atoms with van der Waals surface area (Å²) < 4.78 is 12.9. The van der Waals surface area contributed by atoms with Crippen LogP contribution in [0.5, 0.6) is 0 Å². The van der Waals surface area contributed by atoms with Gasteiger partial charge in [0, 0.05) is 38.2 Å². The van der Waals surface area contributed by atoms with Crippen LogP contribution in [0.3, 0.4) is 0 Å². The first-order valence-corrected chi connectivity index (χ1v) is 8.57. The van der Waals surface area contributed by atoms with E-state index in [1.807, 2.05) is 12.3 Å². The van der Waals surface area contributed by atoms with Gasteiger partial charge in [-0.2, -0.15) is 0 Å². The molecule has 5 heteroatoms. The number of Topliss-reactive ketones (excluding diaryl/α,β-unsaturated/α-hetero) is 1. The van der Waals surface area contributed by atoms with Crippen LogP contribution in [0.2, 0.25) is 0 Å². The largest absolute Gasteiger partial charge is 0.372 e. The zero-order valence-electron chi connectivity index (χ0n) is 13.8. The molecule has 1 N–H and O–H groups in total. The smallest absolute Gasteiger partial charge is 0.162 e. The number of nitrogens with zero attached hydrogens (tertiary/aromatic N) is 2. The van der Waals surface area contributed by atoms with Crippen molar-refractivity contribution in [3.05, 3.63) is 60.1 Å². The maximum Gasteiger partial charge on any atom is 0.162 e. The summed E-state index contributed by atoms with van der Waals surface area (Å²) in [6, 6.07) is 5.82. The fraction of sp³-hybridized carbons (Fsp3) is 0.421. The van der Waals surface area contributed by atoms with E-state index >= 15 is 0 Å². The minimum atomic E-state index is -0.304.